The maximum absolute atomic E-state index is 11.2. The third kappa shape index (κ3) is 3.17. The molecule has 2 aliphatic rings. The van der Waals surface area contributed by atoms with E-state index in [9.17, 15) is 10.1 Å². The Bertz CT molecular complexity index is 500. The normalized spacial score (nSPS) is 24.0. The molecule has 21 heavy (non-hydrogen) atoms. The number of pyridine rings is 1. The summed E-state index contributed by atoms with van der Waals surface area (Å²) in [7, 11) is 0. The van der Waals surface area contributed by atoms with Crippen molar-refractivity contribution in [3.63, 3.8) is 0 Å². The Morgan fingerprint density at radius 3 is 2.67 bits per heavy atom. The third-order valence-corrected chi connectivity index (χ3v) is 5.04. The summed E-state index contributed by atoms with van der Waals surface area (Å²) >= 11 is 0. The number of piperidine rings is 1. The third-order valence-electron chi connectivity index (χ3n) is 5.04. The Morgan fingerprint density at radius 1 is 1.14 bits per heavy atom. The van der Waals surface area contributed by atoms with Gasteiger partial charge >= 0.3 is 5.69 Å². The Labute approximate surface area is 125 Å². The molecule has 1 saturated carbocycles. The molecule has 5 heteroatoms. The van der Waals surface area contributed by atoms with Gasteiger partial charge in [0.2, 0.25) is 5.82 Å². The highest BCUT2D eigenvalue weighted by atomic mass is 16.6. The second kappa shape index (κ2) is 6.41. The van der Waals surface area contributed by atoms with Crippen LogP contribution in [0.4, 0.5) is 11.5 Å². The van der Waals surface area contributed by atoms with Crippen LogP contribution in [0.1, 0.15) is 44.9 Å². The number of hydrogen-bond donors (Lipinski definition) is 0. The van der Waals surface area contributed by atoms with Crippen LogP contribution < -0.4 is 4.90 Å². The molecule has 1 unspecified atom stereocenters. The van der Waals surface area contributed by atoms with E-state index in [1.54, 1.807) is 18.3 Å². The molecule has 0 radical (unpaired) electrons. The summed E-state index contributed by atoms with van der Waals surface area (Å²) in [4.78, 5) is 17.3. The molecule has 1 saturated heterocycles. The summed E-state index contributed by atoms with van der Waals surface area (Å²) in [5, 5.41) is 11.2. The van der Waals surface area contributed by atoms with Crippen molar-refractivity contribution in [1.82, 2.24) is 4.98 Å². The van der Waals surface area contributed by atoms with E-state index in [1.165, 1.54) is 38.5 Å². The molecule has 1 aromatic heterocycles. The van der Waals surface area contributed by atoms with Gasteiger partial charge in [-0.2, -0.15) is 0 Å². The van der Waals surface area contributed by atoms with Gasteiger partial charge < -0.3 is 4.90 Å². The van der Waals surface area contributed by atoms with Crippen molar-refractivity contribution in [1.29, 1.82) is 0 Å². The number of aromatic nitrogens is 1. The summed E-state index contributed by atoms with van der Waals surface area (Å²) in [6.07, 6.45) is 10.8. The van der Waals surface area contributed by atoms with Crippen molar-refractivity contribution in [3.8, 4) is 0 Å². The van der Waals surface area contributed by atoms with Gasteiger partial charge in [0.25, 0.3) is 0 Å². The minimum Gasteiger partial charge on any atom is -0.351 e. The molecule has 1 atom stereocenters. The maximum Gasteiger partial charge on any atom is 0.311 e. The molecule has 5 nitrogen and oxygen atoms in total. The van der Waals surface area contributed by atoms with Crippen LogP contribution in [0.15, 0.2) is 18.3 Å². The van der Waals surface area contributed by atoms with Gasteiger partial charge in [-0.25, -0.2) is 4.98 Å². The van der Waals surface area contributed by atoms with Gasteiger partial charge in [-0.15, -0.1) is 0 Å². The monoisotopic (exact) mass is 289 g/mol. The van der Waals surface area contributed by atoms with E-state index in [0.717, 1.165) is 25.4 Å². The molecular formula is C16H23N3O2. The Morgan fingerprint density at radius 2 is 1.90 bits per heavy atom. The van der Waals surface area contributed by atoms with Crippen molar-refractivity contribution in [2.45, 2.75) is 44.9 Å². The molecule has 0 N–H and O–H groups in total. The fraction of sp³-hybridized carbons (Fsp3) is 0.688. The zero-order valence-corrected chi connectivity index (χ0v) is 12.4. The fourth-order valence-electron chi connectivity index (χ4n) is 3.97. The summed E-state index contributed by atoms with van der Waals surface area (Å²) in [6.45, 7) is 1.82. The number of anilines is 1. The van der Waals surface area contributed by atoms with Gasteiger partial charge in [0.15, 0.2) is 0 Å². The highest BCUT2D eigenvalue weighted by Crippen LogP contribution is 2.37. The van der Waals surface area contributed by atoms with Crippen LogP contribution in [-0.4, -0.2) is 23.0 Å². The van der Waals surface area contributed by atoms with Crippen molar-refractivity contribution in [3.05, 3.63) is 28.4 Å². The van der Waals surface area contributed by atoms with E-state index in [1.807, 2.05) is 0 Å². The van der Waals surface area contributed by atoms with Crippen molar-refractivity contribution < 1.29 is 4.92 Å². The summed E-state index contributed by atoms with van der Waals surface area (Å²) in [6, 6.07) is 3.21. The smallest absolute Gasteiger partial charge is 0.311 e. The molecule has 1 aliphatic heterocycles. The van der Waals surface area contributed by atoms with Crippen LogP contribution in [-0.2, 0) is 0 Å². The number of hydrogen-bond acceptors (Lipinski definition) is 4. The first-order valence-electron chi connectivity index (χ1n) is 8.10. The minimum atomic E-state index is -0.313. The quantitative estimate of drug-likeness (QED) is 0.627. The molecular weight excluding hydrogens is 266 g/mol. The van der Waals surface area contributed by atoms with Crippen molar-refractivity contribution in [2.24, 2.45) is 11.8 Å². The first kappa shape index (κ1) is 14.3. The van der Waals surface area contributed by atoms with E-state index in [2.05, 4.69) is 9.88 Å². The highest BCUT2D eigenvalue weighted by Gasteiger charge is 2.31. The highest BCUT2D eigenvalue weighted by molar-refractivity contribution is 5.57. The van der Waals surface area contributed by atoms with Gasteiger partial charge in [-0.1, -0.05) is 32.1 Å². The van der Waals surface area contributed by atoms with Gasteiger partial charge in [0, 0.05) is 25.4 Å². The SMILES string of the molecule is O=[N+]([O-])c1cccnc1N1CCCC(C2CCCCC2)C1. The Balaban J connectivity index is 1.75. The van der Waals surface area contributed by atoms with Crippen LogP contribution in [0.5, 0.6) is 0 Å². The summed E-state index contributed by atoms with van der Waals surface area (Å²) < 4.78 is 0. The van der Waals surface area contributed by atoms with Gasteiger partial charge in [0.05, 0.1) is 4.92 Å². The second-order valence-corrected chi connectivity index (χ2v) is 6.35. The van der Waals surface area contributed by atoms with Crippen LogP contribution in [0.3, 0.4) is 0 Å². The van der Waals surface area contributed by atoms with Crippen LogP contribution >= 0.6 is 0 Å². The molecule has 2 heterocycles. The molecule has 1 aromatic rings. The van der Waals surface area contributed by atoms with Crippen molar-refractivity contribution in [2.75, 3.05) is 18.0 Å². The summed E-state index contributed by atoms with van der Waals surface area (Å²) in [5.74, 6) is 2.05. The van der Waals surface area contributed by atoms with E-state index in [-0.39, 0.29) is 10.6 Å². The molecule has 3 rings (SSSR count). The lowest BCUT2D eigenvalue weighted by Gasteiger charge is -2.38. The standard InChI is InChI=1S/C16H23N3O2/c20-19(21)15-9-4-10-17-16(15)18-11-5-8-14(12-18)13-6-2-1-3-7-13/h4,9-10,13-14H,1-3,5-8,11-12H2. The molecule has 114 valence electrons. The lowest BCUT2D eigenvalue weighted by atomic mass is 9.76. The predicted octanol–water partition coefficient (Wildman–Crippen LogP) is 3.79. The number of nitro groups is 1. The largest absolute Gasteiger partial charge is 0.351 e. The lowest BCUT2D eigenvalue weighted by molar-refractivity contribution is -0.384. The minimum absolute atomic E-state index is 0.141. The van der Waals surface area contributed by atoms with Crippen molar-refractivity contribution >= 4 is 11.5 Å². The Hall–Kier alpha value is -1.65. The first-order chi connectivity index (χ1) is 10.3. The molecule has 2 fully saturated rings. The van der Waals surface area contributed by atoms with E-state index in [0.29, 0.717) is 11.7 Å². The predicted molar refractivity (Wildman–Crippen MR) is 82.4 cm³/mol. The zero-order chi connectivity index (χ0) is 14.7. The fourth-order valence-corrected chi connectivity index (χ4v) is 3.97. The molecule has 1 aliphatic carbocycles. The number of rotatable bonds is 3. The lowest BCUT2D eigenvalue weighted by Crippen LogP contribution is -2.39. The average Bonchev–Trinajstić information content (AvgIpc) is 2.56. The molecule has 0 aromatic carbocycles. The zero-order valence-electron chi connectivity index (χ0n) is 12.4. The van der Waals surface area contributed by atoms with Gasteiger partial charge in [-0.05, 0) is 30.7 Å². The topological polar surface area (TPSA) is 59.3 Å². The second-order valence-electron chi connectivity index (χ2n) is 6.35. The molecule has 0 amide bonds. The van der Waals surface area contributed by atoms with E-state index >= 15 is 0 Å². The maximum atomic E-state index is 11.2. The van der Waals surface area contributed by atoms with E-state index < -0.39 is 0 Å². The molecule has 0 bridgehead atoms. The van der Waals surface area contributed by atoms with Crippen LogP contribution in [0.2, 0.25) is 0 Å². The Kier molecular flexibility index (Phi) is 4.36. The van der Waals surface area contributed by atoms with Gasteiger partial charge in [0.1, 0.15) is 0 Å². The average molecular weight is 289 g/mol. The number of nitrogens with zero attached hydrogens (tertiary/aromatic N) is 3. The van der Waals surface area contributed by atoms with E-state index in [4.69, 9.17) is 0 Å². The first-order valence-corrected chi connectivity index (χ1v) is 8.10. The van der Waals surface area contributed by atoms with Crippen LogP contribution in [0.25, 0.3) is 0 Å². The summed E-state index contributed by atoms with van der Waals surface area (Å²) in [5.41, 5.74) is 0.141. The van der Waals surface area contributed by atoms with Gasteiger partial charge in [-0.3, -0.25) is 10.1 Å². The molecule has 0 spiro atoms. The van der Waals surface area contributed by atoms with Crippen LogP contribution in [0, 0.1) is 22.0 Å².